The van der Waals surface area contributed by atoms with Crippen LogP contribution in [0, 0.1) is 0 Å². The smallest absolute Gasteiger partial charge is 0.410 e. The van der Waals surface area contributed by atoms with Gasteiger partial charge in [-0.2, -0.15) is 0 Å². The summed E-state index contributed by atoms with van der Waals surface area (Å²) in [6.45, 7) is 6.56. The Morgan fingerprint density at radius 1 is 0.977 bits per heavy atom. The van der Waals surface area contributed by atoms with E-state index in [0.717, 1.165) is 16.8 Å². The van der Waals surface area contributed by atoms with Crippen LogP contribution in [0.15, 0.2) is 72.0 Å². The molecule has 0 bridgehead atoms. The lowest BCUT2D eigenvalue weighted by Crippen LogP contribution is -2.49. The van der Waals surface area contributed by atoms with Crippen molar-refractivity contribution in [3.8, 4) is 5.69 Å². The van der Waals surface area contributed by atoms with E-state index in [4.69, 9.17) is 9.47 Å². The second-order valence-corrected chi connectivity index (χ2v) is 11.7. The lowest BCUT2D eigenvalue weighted by molar-refractivity contribution is -0.0338. The predicted molar refractivity (Wildman–Crippen MR) is 159 cm³/mol. The zero-order valence-electron chi connectivity index (χ0n) is 24.5. The summed E-state index contributed by atoms with van der Waals surface area (Å²) in [4.78, 5) is 48.1. The van der Waals surface area contributed by atoms with Gasteiger partial charge in [0.15, 0.2) is 11.2 Å². The van der Waals surface area contributed by atoms with E-state index in [9.17, 15) is 19.5 Å². The zero-order chi connectivity index (χ0) is 30.6. The monoisotopic (exact) mass is 588 g/mol. The molecular formula is C31H36N6O6. The number of hydrogen-bond donors (Lipinski definition) is 2. The molecule has 226 valence electrons. The molecule has 2 aromatic carbocycles. The van der Waals surface area contributed by atoms with Gasteiger partial charge >= 0.3 is 12.2 Å². The highest BCUT2D eigenvalue weighted by molar-refractivity contribution is 5.72. The third kappa shape index (κ3) is 7.39. The summed E-state index contributed by atoms with van der Waals surface area (Å²) in [5, 5.41) is 14.0. The Kier molecular flexibility index (Phi) is 8.49. The van der Waals surface area contributed by atoms with Crippen LogP contribution in [0.25, 0.3) is 16.9 Å². The summed E-state index contributed by atoms with van der Waals surface area (Å²) < 4.78 is 13.8. The van der Waals surface area contributed by atoms with E-state index >= 15 is 0 Å². The number of imidazole rings is 1. The van der Waals surface area contributed by atoms with E-state index in [2.05, 4.69) is 15.3 Å². The van der Waals surface area contributed by atoms with Crippen molar-refractivity contribution >= 4 is 23.4 Å². The van der Waals surface area contributed by atoms with Crippen molar-refractivity contribution in [2.24, 2.45) is 0 Å². The van der Waals surface area contributed by atoms with Crippen LogP contribution < -0.4 is 10.9 Å². The van der Waals surface area contributed by atoms with Gasteiger partial charge in [-0.25, -0.2) is 19.6 Å². The van der Waals surface area contributed by atoms with Crippen LogP contribution in [-0.4, -0.2) is 65.6 Å². The number of aromatic nitrogens is 4. The van der Waals surface area contributed by atoms with Gasteiger partial charge in [0.1, 0.15) is 24.9 Å². The van der Waals surface area contributed by atoms with Crippen molar-refractivity contribution < 1.29 is 24.2 Å². The molecule has 3 heterocycles. The largest absolute Gasteiger partial charge is 0.445 e. The van der Waals surface area contributed by atoms with Crippen LogP contribution in [0.4, 0.5) is 9.59 Å². The van der Waals surface area contributed by atoms with E-state index in [1.54, 1.807) is 30.2 Å². The molecule has 4 aromatic rings. The van der Waals surface area contributed by atoms with Crippen molar-refractivity contribution in [2.45, 2.75) is 64.5 Å². The molecular weight excluding hydrogens is 552 g/mol. The molecule has 0 spiro atoms. The molecule has 1 aliphatic rings. The van der Waals surface area contributed by atoms with E-state index in [1.807, 2.05) is 54.6 Å². The van der Waals surface area contributed by atoms with Crippen LogP contribution >= 0.6 is 0 Å². The highest BCUT2D eigenvalue weighted by Gasteiger charge is 2.35. The highest BCUT2D eigenvalue weighted by Crippen LogP contribution is 2.25. The number of nitrogens with zero attached hydrogens (tertiary/aromatic N) is 5. The first-order valence-corrected chi connectivity index (χ1v) is 14.2. The summed E-state index contributed by atoms with van der Waals surface area (Å²) >= 11 is 0. The number of carbonyl (C=O) groups is 2. The molecule has 0 saturated carbocycles. The normalized spacial score (nSPS) is 14.8. The Hall–Kier alpha value is -4.71. The van der Waals surface area contributed by atoms with Crippen molar-refractivity contribution in [1.29, 1.82) is 0 Å². The van der Waals surface area contributed by atoms with Crippen LogP contribution in [0.5, 0.6) is 0 Å². The first-order chi connectivity index (χ1) is 20.5. The molecule has 5 rings (SSSR count). The Labute approximate surface area is 248 Å². The molecule has 12 heteroatoms. The lowest BCUT2D eigenvalue weighted by atomic mass is 9.91. The summed E-state index contributed by atoms with van der Waals surface area (Å²) in [6.07, 6.45) is 2.62. The molecule has 1 aliphatic heterocycles. The summed E-state index contributed by atoms with van der Waals surface area (Å²) in [6, 6.07) is 16.9. The maximum Gasteiger partial charge on any atom is 0.410 e. The minimum atomic E-state index is -1.18. The van der Waals surface area contributed by atoms with Crippen molar-refractivity contribution in [1.82, 2.24) is 29.3 Å². The second-order valence-electron chi connectivity index (χ2n) is 11.7. The number of aliphatic hydroxyl groups is 1. The Morgan fingerprint density at radius 3 is 2.35 bits per heavy atom. The fourth-order valence-corrected chi connectivity index (χ4v) is 4.88. The molecule has 2 N–H and O–H groups in total. The van der Waals surface area contributed by atoms with Gasteiger partial charge in [-0.05, 0) is 56.9 Å². The SMILES string of the molecule is CC(C)(C)OC(=O)NCc1ccc(-n2cnc3c(=O)n(CC4(O)CCN(C(=O)OCc5ccccc5)CC4)cnc32)cc1. The summed E-state index contributed by atoms with van der Waals surface area (Å²) in [5.41, 5.74) is 0.986. The molecule has 0 radical (unpaired) electrons. The van der Waals surface area contributed by atoms with Gasteiger partial charge in [0.05, 0.1) is 12.1 Å². The number of carbonyl (C=O) groups excluding carboxylic acids is 2. The molecule has 0 atom stereocenters. The number of alkyl carbamates (subject to hydrolysis) is 1. The van der Waals surface area contributed by atoms with Crippen LogP contribution in [0.1, 0.15) is 44.7 Å². The minimum absolute atomic E-state index is 0.0356. The second kappa shape index (κ2) is 12.3. The number of nitrogens with one attached hydrogen (secondary N) is 1. The van der Waals surface area contributed by atoms with E-state index < -0.39 is 23.4 Å². The number of benzene rings is 2. The first-order valence-electron chi connectivity index (χ1n) is 14.2. The number of piperidine rings is 1. The van der Waals surface area contributed by atoms with Crippen LogP contribution in [0.2, 0.25) is 0 Å². The first kappa shape index (κ1) is 29.8. The Bertz CT molecular complexity index is 1630. The molecule has 0 aliphatic carbocycles. The number of rotatable bonds is 7. The maximum absolute atomic E-state index is 13.3. The average Bonchev–Trinajstić information content (AvgIpc) is 3.41. The molecule has 2 aromatic heterocycles. The number of ether oxygens (including phenoxy) is 2. The van der Waals surface area contributed by atoms with Gasteiger partial charge in [0, 0.05) is 25.3 Å². The molecule has 1 saturated heterocycles. The minimum Gasteiger partial charge on any atom is -0.445 e. The molecule has 0 unspecified atom stereocenters. The average molecular weight is 589 g/mol. The molecule has 12 nitrogen and oxygen atoms in total. The van der Waals surface area contributed by atoms with Gasteiger partial charge in [-0.3, -0.25) is 13.9 Å². The highest BCUT2D eigenvalue weighted by atomic mass is 16.6. The summed E-state index contributed by atoms with van der Waals surface area (Å²) in [5.74, 6) is 0. The topological polar surface area (TPSA) is 141 Å². The van der Waals surface area contributed by atoms with Crippen molar-refractivity contribution in [3.05, 3.63) is 88.7 Å². The van der Waals surface area contributed by atoms with E-state index in [0.29, 0.717) is 38.1 Å². The molecule has 1 fully saturated rings. The van der Waals surface area contributed by atoms with Gasteiger partial charge in [-0.15, -0.1) is 0 Å². The van der Waals surface area contributed by atoms with Gasteiger partial charge < -0.3 is 24.8 Å². The number of hydrogen-bond acceptors (Lipinski definition) is 8. The maximum atomic E-state index is 13.3. The van der Waals surface area contributed by atoms with Crippen molar-refractivity contribution in [3.63, 3.8) is 0 Å². The lowest BCUT2D eigenvalue weighted by Gasteiger charge is -2.37. The number of amides is 2. The van der Waals surface area contributed by atoms with Gasteiger partial charge in [0.25, 0.3) is 5.56 Å². The van der Waals surface area contributed by atoms with Crippen molar-refractivity contribution in [2.75, 3.05) is 13.1 Å². The third-order valence-electron chi connectivity index (χ3n) is 7.20. The fraction of sp³-hybridized carbons (Fsp3) is 0.387. The zero-order valence-corrected chi connectivity index (χ0v) is 24.5. The Balaban J connectivity index is 1.19. The Morgan fingerprint density at radius 2 is 1.67 bits per heavy atom. The molecule has 43 heavy (non-hydrogen) atoms. The predicted octanol–water partition coefficient (Wildman–Crippen LogP) is 3.77. The third-order valence-corrected chi connectivity index (χ3v) is 7.20. The van der Waals surface area contributed by atoms with Gasteiger partial charge in [0.2, 0.25) is 0 Å². The fourth-order valence-electron chi connectivity index (χ4n) is 4.88. The van der Waals surface area contributed by atoms with Crippen LogP contribution in [0.3, 0.4) is 0 Å². The number of likely N-dealkylation sites (tertiary alicyclic amines) is 1. The van der Waals surface area contributed by atoms with E-state index in [-0.39, 0.29) is 24.2 Å². The summed E-state index contributed by atoms with van der Waals surface area (Å²) in [7, 11) is 0. The van der Waals surface area contributed by atoms with Crippen LogP contribution in [-0.2, 0) is 29.2 Å². The van der Waals surface area contributed by atoms with Gasteiger partial charge in [-0.1, -0.05) is 42.5 Å². The quantitative estimate of drug-likeness (QED) is 0.333. The number of fused-ring (bicyclic) bond motifs is 1. The van der Waals surface area contributed by atoms with E-state index in [1.165, 1.54) is 17.2 Å². The molecule has 2 amide bonds. The standard InChI is InChI=1S/C31H36N6O6/c1-30(2,3)43-28(39)32-17-22-9-11-24(12-10-22)37-21-33-25-26(37)34-20-36(27(25)38)19-31(41)13-15-35(16-14-31)29(40)42-18-23-7-5-4-6-8-23/h4-12,20-21,41H,13-19H2,1-3H3,(H,32,39).